The third kappa shape index (κ3) is 13.0. The largest absolute Gasteiger partial charge is 0.384 e. The van der Waals surface area contributed by atoms with Crippen LogP contribution in [0.4, 0.5) is 0 Å². The van der Waals surface area contributed by atoms with Gasteiger partial charge in [0.2, 0.25) is 27.7 Å². The number of rotatable bonds is 8. The minimum absolute atomic E-state index is 0.0456. The van der Waals surface area contributed by atoms with Gasteiger partial charge in [-0.3, -0.25) is 29.6 Å². The summed E-state index contributed by atoms with van der Waals surface area (Å²) < 4.78 is 29.9. The number of amides is 3. The van der Waals surface area contributed by atoms with Gasteiger partial charge in [0, 0.05) is 70.9 Å². The summed E-state index contributed by atoms with van der Waals surface area (Å²) in [5.41, 5.74) is 10.8. The van der Waals surface area contributed by atoms with Gasteiger partial charge in [-0.25, -0.2) is 13.1 Å². The van der Waals surface area contributed by atoms with Crippen LogP contribution in [0.3, 0.4) is 0 Å². The Balaban J connectivity index is 1.27. The van der Waals surface area contributed by atoms with Crippen molar-refractivity contribution >= 4 is 33.6 Å². The number of carbonyl (C=O) groups excluding carboxylic acids is 3. The fraction of sp³-hybridized carbons (Fsp3) is 0.349. The number of nitrogen functional groups attached to an aromatic ring is 1. The molecule has 306 valence electrons. The highest BCUT2D eigenvalue weighted by Gasteiger charge is 2.30. The fourth-order valence-electron chi connectivity index (χ4n) is 7.14. The Morgan fingerprint density at radius 3 is 2.09 bits per heavy atom. The molecule has 6 bridgehead atoms. The molecule has 3 amide bonds. The maximum absolute atomic E-state index is 14.3. The van der Waals surface area contributed by atoms with E-state index < -0.39 is 33.9 Å². The van der Waals surface area contributed by atoms with Gasteiger partial charge in [-0.2, -0.15) is 0 Å². The highest BCUT2D eigenvalue weighted by atomic mass is 32.2. The number of hydrogen-bond donors (Lipinski definition) is 7. The van der Waals surface area contributed by atoms with Gasteiger partial charge in [-0.15, -0.1) is 0 Å². The van der Waals surface area contributed by atoms with Crippen molar-refractivity contribution in [2.75, 3.05) is 45.8 Å². The molecule has 2 atom stereocenters. The SMILES string of the molecule is N=C(N)c1ccc(CNC(=O)C2Cc3cccc(c3)CNC(=O)CN3CCN(CCNCc4cccc(c4)CC(NS(=O)(=O)Cc4ccccc4)C(=O)N2)CC3)cc1. The van der Waals surface area contributed by atoms with Crippen LogP contribution < -0.4 is 31.7 Å². The molecule has 3 aliphatic rings. The first-order chi connectivity index (χ1) is 28.0. The molecule has 4 aromatic rings. The molecule has 1 saturated heterocycles. The zero-order valence-electron chi connectivity index (χ0n) is 32.6. The molecule has 2 unspecified atom stereocenters. The highest BCUT2D eigenvalue weighted by Crippen LogP contribution is 2.14. The lowest BCUT2D eigenvalue weighted by Crippen LogP contribution is -2.55. The number of hydrogen-bond acceptors (Lipinski definition) is 9. The van der Waals surface area contributed by atoms with E-state index >= 15 is 0 Å². The van der Waals surface area contributed by atoms with E-state index in [1.54, 1.807) is 54.6 Å². The number of fused-ring (bicyclic) bond motifs is 13. The minimum atomic E-state index is -4.01. The van der Waals surface area contributed by atoms with Crippen LogP contribution in [0.2, 0.25) is 0 Å². The first-order valence-corrected chi connectivity index (χ1v) is 21.3. The molecule has 14 nitrogen and oxygen atoms in total. The van der Waals surface area contributed by atoms with E-state index in [0.717, 1.165) is 67.1 Å². The van der Waals surface area contributed by atoms with Gasteiger partial charge in [0.25, 0.3) is 0 Å². The molecule has 4 aromatic carbocycles. The minimum Gasteiger partial charge on any atom is -0.384 e. The summed E-state index contributed by atoms with van der Waals surface area (Å²) in [4.78, 5) is 45.8. The number of sulfonamides is 1. The van der Waals surface area contributed by atoms with Crippen molar-refractivity contribution in [3.8, 4) is 0 Å². The second-order valence-corrected chi connectivity index (χ2v) is 16.7. The van der Waals surface area contributed by atoms with Crippen molar-refractivity contribution in [2.45, 2.75) is 50.3 Å². The Hall–Kier alpha value is -5.45. The lowest BCUT2D eigenvalue weighted by atomic mass is 10.0. The second-order valence-electron chi connectivity index (χ2n) is 14.9. The molecule has 58 heavy (non-hydrogen) atoms. The number of nitrogens with two attached hydrogens (primary N) is 1. The van der Waals surface area contributed by atoms with Gasteiger partial charge in [0.15, 0.2) is 0 Å². The van der Waals surface area contributed by atoms with E-state index in [1.165, 1.54) is 0 Å². The molecule has 0 radical (unpaired) electrons. The number of amidine groups is 1. The van der Waals surface area contributed by atoms with Crippen LogP contribution in [0.1, 0.15) is 38.9 Å². The Morgan fingerprint density at radius 1 is 0.759 bits per heavy atom. The molecule has 3 heterocycles. The Labute approximate surface area is 340 Å². The molecular weight excluding hydrogens is 755 g/mol. The van der Waals surface area contributed by atoms with Gasteiger partial charge in [0.05, 0.1) is 12.3 Å². The van der Waals surface area contributed by atoms with Crippen molar-refractivity contribution in [3.05, 3.63) is 142 Å². The third-order valence-corrected chi connectivity index (χ3v) is 11.7. The van der Waals surface area contributed by atoms with E-state index in [9.17, 15) is 22.8 Å². The van der Waals surface area contributed by atoms with Gasteiger partial charge in [0.1, 0.15) is 17.9 Å². The van der Waals surface area contributed by atoms with Gasteiger partial charge >= 0.3 is 0 Å². The summed E-state index contributed by atoms with van der Waals surface area (Å²) >= 11 is 0. The zero-order valence-corrected chi connectivity index (χ0v) is 33.4. The summed E-state index contributed by atoms with van der Waals surface area (Å²) in [6.45, 7) is 6.31. The maximum atomic E-state index is 14.3. The molecule has 3 aliphatic heterocycles. The standard InChI is InChI=1S/C43H53N9O5S/c44-41(45)37-14-12-31(13-15-37)27-48-42(54)38-24-33-8-5-11-36(23-33)28-47-40(53)29-52-20-18-51(19-21-52)17-16-46-26-35-10-4-9-34(22-35)25-39(43(55)49-38)50-58(56,57)30-32-6-2-1-3-7-32/h1-15,22-23,38-39,46,50H,16-21,24-30H2,(H3,44,45)(H,47,53)(H,48,54)(H,49,55). The first-order valence-electron chi connectivity index (χ1n) is 19.6. The van der Waals surface area contributed by atoms with Crippen molar-refractivity contribution in [1.29, 1.82) is 5.41 Å². The summed E-state index contributed by atoms with van der Waals surface area (Å²) in [5.74, 6) is -1.59. The molecule has 0 aliphatic carbocycles. The van der Waals surface area contributed by atoms with E-state index in [2.05, 4.69) is 35.8 Å². The second kappa shape index (κ2) is 20.3. The van der Waals surface area contributed by atoms with Crippen LogP contribution in [-0.4, -0.2) is 99.7 Å². The molecule has 0 spiro atoms. The summed E-state index contributed by atoms with van der Waals surface area (Å²) in [6.07, 6.45) is 0.140. The molecule has 7 rings (SSSR count). The average Bonchev–Trinajstić information content (AvgIpc) is 3.21. The van der Waals surface area contributed by atoms with Crippen LogP contribution >= 0.6 is 0 Å². The number of carbonyl (C=O) groups is 3. The molecule has 0 saturated carbocycles. The lowest BCUT2D eigenvalue weighted by molar-refractivity contribution is -0.129. The van der Waals surface area contributed by atoms with Crippen LogP contribution in [0, 0.1) is 5.41 Å². The molecule has 0 aromatic heterocycles. The Kier molecular flexibility index (Phi) is 14.8. The number of piperazine rings is 1. The van der Waals surface area contributed by atoms with E-state index in [0.29, 0.717) is 30.8 Å². The monoisotopic (exact) mass is 807 g/mol. The molecular formula is C43H53N9O5S. The van der Waals surface area contributed by atoms with Crippen LogP contribution in [0.25, 0.3) is 0 Å². The quantitative estimate of drug-likeness (QED) is 0.102. The Bertz CT molecular complexity index is 2140. The molecule has 8 N–H and O–H groups in total. The zero-order chi connectivity index (χ0) is 40.9. The van der Waals surface area contributed by atoms with Crippen molar-refractivity contribution < 1.29 is 22.8 Å². The highest BCUT2D eigenvalue weighted by molar-refractivity contribution is 7.88. The smallest absolute Gasteiger partial charge is 0.243 e. The Morgan fingerprint density at radius 2 is 1.40 bits per heavy atom. The van der Waals surface area contributed by atoms with Crippen molar-refractivity contribution in [2.24, 2.45) is 5.73 Å². The first kappa shape index (κ1) is 42.2. The fourth-order valence-corrected chi connectivity index (χ4v) is 8.48. The van der Waals surface area contributed by atoms with Crippen LogP contribution in [0.15, 0.2) is 103 Å². The lowest BCUT2D eigenvalue weighted by Gasteiger charge is -2.34. The number of nitrogens with one attached hydrogen (secondary N) is 6. The van der Waals surface area contributed by atoms with Gasteiger partial charge in [-0.1, -0.05) is 103 Å². The van der Waals surface area contributed by atoms with E-state index in [1.807, 2.05) is 48.5 Å². The molecule has 1 fully saturated rings. The third-order valence-electron chi connectivity index (χ3n) is 10.3. The van der Waals surface area contributed by atoms with Crippen LogP contribution in [0.5, 0.6) is 0 Å². The van der Waals surface area contributed by atoms with E-state index in [-0.39, 0.29) is 36.9 Å². The average molecular weight is 808 g/mol. The van der Waals surface area contributed by atoms with Crippen LogP contribution in [-0.2, 0) is 62.6 Å². The normalized spacial score (nSPS) is 21.2. The summed E-state index contributed by atoms with van der Waals surface area (Å²) in [5, 5.41) is 20.0. The number of nitrogens with zero attached hydrogens (tertiary/aromatic N) is 2. The summed E-state index contributed by atoms with van der Waals surface area (Å²) in [7, 11) is -4.01. The maximum Gasteiger partial charge on any atom is 0.243 e. The number of benzene rings is 4. The predicted octanol–water partition coefficient (Wildman–Crippen LogP) is 1.38. The predicted molar refractivity (Wildman–Crippen MR) is 224 cm³/mol. The van der Waals surface area contributed by atoms with Gasteiger partial charge in [-0.05, 0) is 39.8 Å². The van der Waals surface area contributed by atoms with E-state index in [4.69, 9.17) is 11.1 Å². The summed E-state index contributed by atoms with van der Waals surface area (Å²) in [6, 6.07) is 28.5. The van der Waals surface area contributed by atoms with Gasteiger partial charge < -0.3 is 27.0 Å². The van der Waals surface area contributed by atoms with Crippen molar-refractivity contribution in [1.82, 2.24) is 35.8 Å². The molecule has 15 heteroatoms. The topological polar surface area (TPSA) is 202 Å². The van der Waals surface area contributed by atoms with Crippen molar-refractivity contribution in [3.63, 3.8) is 0 Å².